The number of alkyl halides is 4. The van der Waals surface area contributed by atoms with Gasteiger partial charge >= 0.3 is 0 Å². The number of amides is 1. The van der Waals surface area contributed by atoms with E-state index in [2.05, 4.69) is 10.4 Å². The normalized spacial score (nSPS) is 12.2. The van der Waals surface area contributed by atoms with Crippen LogP contribution in [0.5, 0.6) is 11.5 Å². The molecule has 0 spiro atoms. The first-order valence-corrected chi connectivity index (χ1v) is 10.9. The Bertz CT molecular complexity index is 1330. The first kappa shape index (κ1) is 26.9. The van der Waals surface area contributed by atoms with Crippen molar-refractivity contribution in [1.29, 1.82) is 0 Å². The molecule has 1 aromatic heterocycles. The van der Waals surface area contributed by atoms with E-state index in [1.54, 1.807) is 6.07 Å². The number of rotatable bonds is 8. The molecule has 3 rings (SSSR count). The van der Waals surface area contributed by atoms with Crippen LogP contribution in [0, 0.1) is 30.9 Å². The maximum atomic E-state index is 13.5. The molecule has 1 unspecified atom stereocenters. The van der Waals surface area contributed by atoms with Gasteiger partial charge in [0.1, 0.15) is 28.9 Å². The van der Waals surface area contributed by atoms with Crippen molar-refractivity contribution in [3.63, 3.8) is 0 Å². The lowest BCUT2D eigenvalue weighted by atomic mass is 10.1. The molecule has 2 aromatic carbocycles. The van der Waals surface area contributed by atoms with Crippen LogP contribution in [-0.4, -0.2) is 20.6 Å². The van der Waals surface area contributed by atoms with Crippen LogP contribution in [0.1, 0.15) is 53.9 Å². The molecule has 0 radical (unpaired) electrons. The van der Waals surface area contributed by atoms with Gasteiger partial charge in [-0.25, -0.2) is 22.2 Å². The molecule has 0 bridgehead atoms. The fourth-order valence-electron chi connectivity index (χ4n) is 3.49. The van der Waals surface area contributed by atoms with Crippen molar-refractivity contribution in [2.45, 2.75) is 46.6 Å². The number of hydrogen-bond donors (Lipinski definition) is 1. The molecule has 1 atom stereocenters. The Morgan fingerprint density at radius 1 is 1.11 bits per heavy atom. The second-order valence-electron chi connectivity index (χ2n) is 8.08. The lowest BCUT2D eigenvalue weighted by molar-refractivity contribution is -0.384. The number of carbonyl (C=O) groups excluding carboxylic acids is 1. The number of nitrogens with zero attached hydrogens (tertiary/aromatic N) is 3. The van der Waals surface area contributed by atoms with Crippen LogP contribution in [0.15, 0.2) is 30.3 Å². The van der Waals surface area contributed by atoms with Gasteiger partial charge in [0.25, 0.3) is 18.5 Å². The van der Waals surface area contributed by atoms with Crippen LogP contribution in [0.25, 0.3) is 0 Å². The number of aromatic nitrogens is 2. The van der Waals surface area contributed by atoms with Crippen molar-refractivity contribution in [1.82, 2.24) is 9.78 Å². The predicted octanol–water partition coefficient (Wildman–Crippen LogP) is 7.24. The number of nitrogens with one attached hydrogen (secondary N) is 1. The molecular weight excluding hydrogens is 508 g/mol. The van der Waals surface area contributed by atoms with Crippen LogP contribution in [0.4, 0.5) is 28.9 Å². The van der Waals surface area contributed by atoms with Crippen molar-refractivity contribution in [2.24, 2.45) is 0 Å². The van der Waals surface area contributed by atoms with E-state index in [9.17, 15) is 32.5 Å². The number of anilines is 1. The number of halogens is 5. The first-order chi connectivity index (χ1) is 16.8. The van der Waals surface area contributed by atoms with Crippen LogP contribution >= 0.6 is 11.6 Å². The molecule has 8 nitrogen and oxygen atoms in total. The van der Waals surface area contributed by atoms with Gasteiger partial charge in [-0.3, -0.25) is 14.9 Å². The molecule has 1 heterocycles. The van der Waals surface area contributed by atoms with E-state index in [1.807, 2.05) is 26.8 Å². The van der Waals surface area contributed by atoms with Crippen molar-refractivity contribution in [3.8, 4) is 11.5 Å². The van der Waals surface area contributed by atoms with Crippen molar-refractivity contribution in [3.05, 3.63) is 73.5 Å². The molecule has 13 heteroatoms. The Labute approximate surface area is 208 Å². The van der Waals surface area contributed by atoms with Gasteiger partial charge in [0, 0.05) is 12.1 Å². The SMILES string of the molecule is Cc1cc(C)c(C)c(Oc2cc(NC(=O)C(C)n3nc(C(F)F)c(Cl)c3C(F)F)cc([N+](=O)[O-])c2)c1. The number of benzene rings is 2. The van der Waals surface area contributed by atoms with Gasteiger partial charge in [0.2, 0.25) is 5.91 Å². The maximum absolute atomic E-state index is 13.5. The zero-order valence-corrected chi connectivity index (χ0v) is 20.2. The van der Waals surface area contributed by atoms with Gasteiger partial charge in [-0.15, -0.1) is 0 Å². The van der Waals surface area contributed by atoms with E-state index in [-0.39, 0.29) is 11.4 Å². The molecule has 0 aliphatic rings. The van der Waals surface area contributed by atoms with Crippen LogP contribution in [0.3, 0.4) is 0 Å². The highest BCUT2D eigenvalue weighted by atomic mass is 35.5. The third kappa shape index (κ3) is 5.59. The monoisotopic (exact) mass is 528 g/mol. The summed E-state index contributed by atoms with van der Waals surface area (Å²) in [6, 6.07) is 5.69. The zero-order chi connectivity index (χ0) is 26.9. The standard InChI is InChI=1S/C23H21ClF4N4O4/c1-10-5-11(2)12(3)17(6-10)36-16-8-14(7-15(9-16)32(34)35)29-23(33)13(4)31-20(22(27)28)18(24)19(30-31)21(25)26/h5-9,13,21-22H,1-4H3,(H,29,33). The summed E-state index contributed by atoms with van der Waals surface area (Å²) < 4.78 is 59.5. The number of nitro groups is 1. The molecule has 3 aromatic rings. The Balaban J connectivity index is 1.95. The molecule has 1 amide bonds. The number of carbonyl (C=O) groups is 1. The highest BCUT2D eigenvalue weighted by molar-refractivity contribution is 6.32. The Kier molecular flexibility index (Phi) is 7.87. The molecule has 1 N–H and O–H groups in total. The van der Waals surface area contributed by atoms with Crippen LogP contribution in [-0.2, 0) is 4.79 Å². The summed E-state index contributed by atoms with van der Waals surface area (Å²) in [6.07, 6.45) is -6.52. The predicted molar refractivity (Wildman–Crippen MR) is 124 cm³/mol. The molecule has 0 saturated heterocycles. The van der Waals surface area contributed by atoms with E-state index in [1.165, 1.54) is 6.07 Å². The summed E-state index contributed by atoms with van der Waals surface area (Å²) in [4.78, 5) is 23.6. The first-order valence-electron chi connectivity index (χ1n) is 10.5. The summed E-state index contributed by atoms with van der Waals surface area (Å²) in [5.41, 5.74) is 0.0306. The highest BCUT2D eigenvalue weighted by Gasteiger charge is 2.32. The van der Waals surface area contributed by atoms with E-state index < -0.39 is 51.8 Å². The smallest absolute Gasteiger partial charge is 0.283 e. The van der Waals surface area contributed by atoms with Gasteiger partial charge < -0.3 is 10.1 Å². The Morgan fingerprint density at radius 3 is 2.36 bits per heavy atom. The summed E-state index contributed by atoms with van der Waals surface area (Å²) in [6.45, 7) is 6.70. The van der Waals surface area contributed by atoms with E-state index in [0.29, 0.717) is 10.4 Å². The zero-order valence-electron chi connectivity index (χ0n) is 19.5. The Morgan fingerprint density at radius 2 is 1.78 bits per heavy atom. The van der Waals surface area contributed by atoms with Gasteiger partial charge in [-0.1, -0.05) is 17.7 Å². The minimum absolute atomic E-state index is 0.0376. The van der Waals surface area contributed by atoms with Gasteiger partial charge in [-0.2, -0.15) is 5.10 Å². The lowest BCUT2D eigenvalue weighted by Gasteiger charge is -2.16. The van der Waals surface area contributed by atoms with Crippen molar-refractivity contribution < 1.29 is 32.0 Å². The Hall–Kier alpha value is -3.67. The van der Waals surface area contributed by atoms with Crippen LogP contribution in [0.2, 0.25) is 5.02 Å². The molecule has 0 aliphatic carbocycles. The van der Waals surface area contributed by atoms with Crippen molar-refractivity contribution >= 4 is 28.9 Å². The van der Waals surface area contributed by atoms with Gasteiger partial charge in [0.15, 0.2) is 0 Å². The topological polar surface area (TPSA) is 99.3 Å². The van der Waals surface area contributed by atoms with Gasteiger partial charge in [0.05, 0.1) is 21.7 Å². The summed E-state index contributed by atoms with van der Waals surface area (Å²) in [5, 5.41) is 16.3. The molecule has 36 heavy (non-hydrogen) atoms. The van der Waals surface area contributed by atoms with E-state index >= 15 is 0 Å². The number of hydrogen-bond acceptors (Lipinski definition) is 5. The molecular formula is C23H21ClF4N4O4. The third-order valence-corrected chi connectivity index (χ3v) is 5.82. The van der Waals surface area contributed by atoms with Crippen LogP contribution < -0.4 is 10.1 Å². The second-order valence-corrected chi connectivity index (χ2v) is 8.45. The lowest BCUT2D eigenvalue weighted by Crippen LogP contribution is -2.26. The summed E-state index contributed by atoms with van der Waals surface area (Å²) in [5.74, 6) is -0.465. The molecule has 192 valence electrons. The summed E-state index contributed by atoms with van der Waals surface area (Å²) in [7, 11) is 0. The van der Waals surface area contributed by atoms with E-state index in [0.717, 1.165) is 35.7 Å². The molecule has 0 saturated carbocycles. The third-order valence-electron chi connectivity index (χ3n) is 5.43. The number of non-ortho nitro benzene ring substituents is 1. The minimum Gasteiger partial charge on any atom is -0.457 e. The highest BCUT2D eigenvalue weighted by Crippen LogP contribution is 2.37. The number of nitro benzene ring substituents is 1. The maximum Gasteiger partial charge on any atom is 0.283 e. The second kappa shape index (κ2) is 10.5. The minimum atomic E-state index is -3.29. The fraction of sp³-hybridized carbons (Fsp3) is 0.304. The number of ether oxygens (including phenoxy) is 1. The molecule has 0 aliphatic heterocycles. The largest absolute Gasteiger partial charge is 0.457 e. The van der Waals surface area contributed by atoms with E-state index in [4.69, 9.17) is 16.3 Å². The summed E-state index contributed by atoms with van der Waals surface area (Å²) >= 11 is 5.65. The quantitative estimate of drug-likeness (QED) is 0.189. The average molecular weight is 529 g/mol. The number of aryl methyl sites for hydroxylation is 2. The molecule has 0 fully saturated rings. The van der Waals surface area contributed by atoms with Crippen molar-refractivity contribution in [2.75, 3.05) is 5.32 Å². The average Bonchev–Trinajstić information content (AvgIpc) is 3.13. The van der Waals surface area contributed by atoms with Gasteiger partial charge in [-0.05, 0) is 50.5 Å². The fourth-order valence-corrected chi connectivity index (χ4v) is 3.78.